The maximum Gasteiger partial charge on any atom is 0.337 e. The molecule has 4 nitrogen and oxygen atoms in total. The molecule has 0 spiro atoms. The van der Waals surface area contributed by atoms with E-state index in [9.17, 15) is 9.59 Å². The Morgan fingerprint density at radius 1 is 1.00 bits per heavy atom. The van der Waals surface area contributed by atoms with Gasteiger partial charge in [-0.15, -0.1) is 0 Å². The predicted octanol–water partition coefficient (Wildman–Crippen LogP) is 3.42. The Morgan fingerprint density at radius 2 is 1.48 bits per heavy atom. The van der Waals surface area contributed by atoms with E-state index in [4.69, 9.17) is 0 Å². The zero-order valence-electron chi connectivity index (χ0n) is 13.4. The average molecular weight is 291 g/mol. The van der Waals surface area contributed by atoms with Gasteiger partial charge in [0, 0.05) is 12.1 Å². The van der Waals surface area contributed by atoms with Gasteiger partial charge >= 0.3 is 5.97 Å². The summed E-state index contributed by atoms with van der Waals surface area (Å²) in [6.07, 6.45) is 3.13. The van der Waals surface area contributed by atoms with E-state index in [1.807, 2.05) is 0 Å². The van der Waals surface area contributed by atoms with Gasteiger partial charge in [-0.3, -0.25) is 4.79 Å². The van der Waals surface area contributed by atoms with Crippen LogP contribution in [0.1, 0.15) is 60.7 Å². The molecule has 1 aromatic rings. The molecule has 0 unspecified atom stereocenters. The topological polar surface area (TPSA) is 55.4 Å². The molecule has 0 bridgehead atoms. The van der Waals surface area contributed by atoms with Gasteiger partial charge in [-0.1, -0.05) is 20.8 Å². The van der Waals surface area contributed by atoms with Crippen molar-refractivity contribution in [2.24, 2.45) is 5.41 Å². The molecule has 1 amide bonds. The highest BCUT2D eigenvalue weighted by Crippen LogP contribution is 2.29. The molecule has 0 aliphatic carbocycles. The van der Waals surface area contributed by atoms with Crippen molar-refractivity contribution in [3.63, 3.8) is 0 Å². The third-order valence-corrected chi connectivity index (χ3v) is 4.44. The van der Waals surface area contributed by atoms with Crippen molar-refractivity contribution in [3.05, 3.63) is 35.4 Å². The van der Waals surface area contributed by atoms with Crippen molar-refractivity contribution in [1.29, 1.82) is 0 Å². The molecule has 1 aromatic carbocycles. The fourth-order valence-corrected chi connectivity index (χ4v) is 2.37. The minimum atomic E-state index is -0.399. The molecule has 0 aromatic heterocycles. The third kappa shape index (κ3) is 4.31. The zero-order chi connectivity index (χ0) is 15.9. The van der Waals surface area contributed by atoms with Gasteiger partial charge in [0.2, 0.25) is 0 Å². The first-order valence-electron chi connectivity index (χ1n) is 7.48. The van der Waals surface area contributed by atoms with Crippen LogP contribution in [0.15, 0.2) is 24.3 Å². The molecule has 0 aliphatic rings. The van der Waals surface area contributed by atoms with Crippen LogP contribution in [0, 0.1) is 5.41 Å². The Balaban J connectivity index is 2.70. The van der Waals surface area contributed by atoms with Gasteiger partial charge in [0.15, 0.2) is 0 Å². The summed E-state index contributed by atoms with van der Waals surface area (Å²) in [5.41, 5.74) is 1.17. The molecular formula is C17H25NO3. The maximum absolute atomic E-state index is 12.2. The zero-order valence-corrected chi connectivity index (χ0v) is 13.4. The number of methoxy groups -OCH3 is 1. The lowest BCUT2D eigenvalue weighted by Crippen LogP contribution is -2.36. The summed E-state index contributed by atoms with van der Waals surface area (Å²) < 4.78 is 4.63. The number of benzene rings is 1. The number of nitrogens with one attached hydrogen (secondary N) is 1. The maximum atomic E-state index is 12.2. The second-order valence-corrected chi connectivity index (χ2v) is 5.31. The van der Waals surface area contributed by atoms with E-state index in [1.165, 1.54) is 7.11 Å². The fraction of sp³-hybridized carbons (Fsp3) is 0.529. The van der Waals surface area contributed by atoms with E-state index < -0.39 is 5.97 Å². The summed E-state index contributed by atoms with van der Waals surface area (Å²) in [6.45, 7) is 7.15. The number of esters is 1. The van der Waals surface area contributed by atoms with Gasteiger partial charge in [-0.05, 0) is 48.9 Å². The summed E-state index contributed by atoms with van der Waals surface area (Å²) >= 11 is 0. The molecule has 0 heterocycles. The number of rotatable bonds is 7. The van der Waals surface area contributed by atoms with E-state index in [0.29, 0.717) is 17.7 Å². The highest BCUT2D eigenvalue weighted by molar-refractivity contribution is 5.96. The summed E-state index contributed by atoms with van der Waals surface area (Å²) in [7, 11) is 1.34. The summed E-state index contributed by atoms with van der Waals surface area (Å²) in [6, 6.07) is 6.50. The van der Waals surface area contributed by atoms with Crippen LogP contribution in [0.25, 0.3) is 0 Å². The lowest BCUT2D eigenvalue weighted by molar-refractivity contribution is 0.0600. The second kappa shape index (κ2) is 7.81. The van der Waals surface area contributed by atoms with Crippen molar-refractivity contribution >= 4 is 11.9 Å². The highest BCUT2D eigenvalue weighted by atomic mass is 16.5. The van der Waals surface area contributed by atoms with E-state index in [-0.39, 0.29) is 11.3 Å². The number of ether oxygens (including phenoxy) is 1. The Hall–Kier alpha value is -1.84. The Kier molecular flexibility index (Phi) is 6.40. The average Bonchev–Trinajstić information content (AvgIpc) is 2.55. The largest absolute Gasteiger partial charge is 0.465 e. The lowest BCUT2D eigenvalue weighted by atomic mass is 9.80. The molecule has 4 heteroatoms. The van der Waals surface area contributed by atoms with Crippen LogP contribution in [0.5, 0.6) is 0 Å². The van der Waals surface area contributed by atoms with Crippen molar-refractivity contribution in [2.45, 2.75) is 40.0 Å². The van der Waals surface area contributed by atoms with Crippen molar-refractivity contribution in [3.8, 4) is 0 Å². The molecule has 0 aliphatic heterocycles. The number of hydrogen-bond acceptors (Lipinski definition) is 3. The molecule has 0 atom stereocenters. The van der Waals surface area contributed by atoms with E-state index in [1.54, 1.807) is 24.3 Å². The molecule has 0 saturated heterocycles. The number of hydrogen-bond donors (Lipinski definition) is 1. The van der Waals surface area contributed by atoms with Crippen LogP contribution < -0.4 is 5.32 Å². The minimum absolute atomic E-state index is 0.105. The first kappa shape index (κ1) is 17.2. The molecule has 0 fully saturated rings. The van der Waals surface area contributed by atoms with Crippen LogP contribution in [-0.4, -0.2) is 25.5 Å². The Bertz CT molecular complexity index is 467. The minimum Gasteiger partial charge on any atom is -0.465 e. The SMILES string of the molecule is CCC(CC)(CC)CNC(=O)c1ccc(C(=O)OC)cc1. The molecule has 1 rings (SSSR count). The molecule has 1 N–H and O–H groups in total. The molecule has 0 radical (unpaired) electrons. The van der Waals surface area contributed by atoms with Crippen LogP contribution >= 0.6 is 0 Å². The Labute approximate surface area is 126 Å². The van der Waals surface area contributed by atoms with E-state index >= 15 is 0 Å². The first-order valence-corrected chi connectivity index (χ1v) is 7.48. The fourth-order valence-electron chi connectivity index (χ4n) is 2.37. The van der Waals surface area contributed by atoms with E-state index in [0.717, 1.165) is 19.3 Å². The van der Waals surface area contributed by atoms with Crippen molar-refractivity contribution in [2.75, 3.05) is 13.7 Å². The predicted molar refractivity (Wildman–Crippen MR) is 83.4 cm³/mol. The van der Waals surface area contributed by atoms with Crippen LogP contribution in [0.4, 0.5) is 0 Å². The summed E-state index contributed by atoms with van der Waals surface area (Å²) in [4.78, 5) is 23.5. The standard InChI is InChI=1S/C17H25NO3/c1-5-17(6-2,7-3)12-18-15(19)13-8-10-14(11-9-13)16(20)21-4/h8-11H,5-7,12H2,1-4H3,(H,18,19). The monoisotopic (exact) mass is 291 g/mol. The van der Waals surface area contributed by atoms with E-state index in [2.05, 4.69) is 30.8 Å². The van der Waals surface area contributed by atoms with Crippen LogP contribution in [0.3, 0.4) is 0 Å². The lowest BCUT2D eigenvalue weighted by Gasteiger charge is -2.30. The molecular weight excluding hydrogens is 266 g/mol. The van der Waals surface area contributed by atoms with Crippen LogP contribution in [0.2, 0.25) is 0 Å². The number of amides is 1. The van der Waals surface area contributed by atoms with Gasteiger partial charge in [0.25, 0.3) is 5.91 Å². The summed E-state index contributed by atoms with van der Waals surface area (Å²) in [5, 5.41) is 3.00. The normalized spacial score (nSPS) is 11.0. The quantitative estimate of drug-likeness (QED) is 0.783. The van der Waals surface area contributed by atoms with Crippen molar-refractivity contribution < 1.29 is 14.3 Å². The van der Waals surface area contributed by atoms with Gasteiger partial charge in [-0.2, -0.15) is 0 Å². The van der Waals surface area contributed by atoms with Gasteiger partial charge in [-0.25, -0.2) is 4.79 Å². The third-order valence-electron chi connectivity index (χ3n) is 4.44. The first-order chi connectivity index (χ1) is 10.0. The molecule has 21 heavy (non-hydrogen) atoms. The van der Waals surface area contributed by atoms with Gasteiger partial charge in [0.1, 0.15) is 0 Å². The molecule has 0 saturated carbocycles. The van der Waals surface area contributed by atoms with Crippen LogP contribution in [-0.2, 0) is 4.74 Å². The second-order valence-electron chi connectivity index (χ2n) is 5.31. The smallest absolute Gasteiger partial charge is 0.337 e. The Morgan fingerprint density at radius 3 is 1.90 bits per heavy atom. The molecule has 116 valence electrons. The van der Waals surface area contributed by atoms with Crippen molar-refractivity contribution in [1.82, 2.24) is 5.32 Å². The highest BCUT2D eigenvalue weighted by Gasteiger charge is 2.24. The number of carbonyl (C=O) groups excluding carboxylic acids is 2. The summed E-state index contributed by atoms with van der Waals surface area (Å²) in [5.74, 6) is -0.505. The van der Waals surface area contributed by atoms with Gasteiger partial charge in [0.05, 0.1) is 12.7 Å². The van der Waals surface area contributed by atoms with Gasteiger partial charge < -0.3 is 10.1 Å². The number of carbonyl (C=O) groups is 2.